The molecule has 1 aliphatic rings. The fourth-order valence-electron chi connectivity index (χ4n) is 4.93. The molecule has 35 heavy (non-hydrogen) atoms. The quantitative estimate of drug-likeness (QED) is 0.434. The van der Waals surface area contributed by atoms with E-state index in [1.807, 2.05) is 44.2 Å². The minimum atomic E-state index is -1.02. The topological polar surface area (TPSA) is 100 Å². The van der Waals surface area contributed by atoms with Crippen LogP contribution in [0.4, 0.5) is 11.4 Å². The molecule has 8 heteroatoms. The molecule has 0 bridgehead atoms. The fraction of sp³-hybridized carbons (Fsp3) is 0.259. The lowest BCUT2D eigenvalue weighted by atomic mass is 10.0. The highest BCUT2D eigenvalue weighted by Crippen LogP contribution is 2.32. The smallest absolute Gasteiger partial charge is 0.337 e. The van der Waals surface area contributed by atoms with Crippen molar-refractivity contribution in [3.05, 3.63) is 83.3 Å². The monoisotopic (exact) mass is 469 g/mol. The molecule has 0 radical (unpaired) electrons. The van der Waals surface area contributed by atoms with E-state index in [-0.39, 0.29) is 17.5 Å². The van der Waals surface area contributed by atoms with Gasteiger partial charge in [-0.25, -0.2) is 14.8 Å². The Balaban J connectivity index is 1.34. The molecular formula is C27H27N5O3. The number of carboxylic acid groups (broad SMARTS) is 1. The number of imidazole rings is 1. The van der Waals surface area contributed by atoms with E-state index in [0.29, 0.717) is 30.0 Å². The van der Waals surface area contributed by atoms with Crippen molar-refractivity contribution in [3.8, 4) is 0 Å². The standard InChI is InChI=1S/C27H27N5O3/c1-17-6-3-4-7-21(17)26(33)30-19-9-10-24(22(16-19)27(34)35)31-14-11-20(12-15-31)32-18(2)29-23-8-5-13-28-25(23)32/h3-10,13,16,20H,11-12,14-15H2,1-2H3,(H,30,33)(H,34,35). The number of anilines is 2. The van der Waals surface area contributed by atoms with Gasteiger partial charge in [0.1, 0.15) is 11.3 Å². The van der Waals surface area contributed by atoms with E-state index in [0.717, 1.165) is 35.4 Å². The van der Waals surface area contributed by atoms with Crippen molar-refractivity contribution in [3.63, 3.8) is 0 Å². The van der Waals surface area contributed by atoms with Crippen LogP contribution in [0.3, 0.4) is 0 Å². The zero-order valence-electron chi connectivity index (χ0n) is 19.7. The van der Waals surface area contributed by atoms with Gasteiger partial charge in [0.25, 0.3) is 5.91 Å². The number of hydrogen-bond donors (Lipinski definition) is 2. The lowest BCUT2D eigenvalue weighted by molar-refractivity contribution is 0.0697. The van der Waals surface area contributed by atoms with Gasteiger partial charge in [-0.05, 0) is 68.7 Å². The average molecular weight is 470 g/mol. The van der Waals surface area contributed by atoms with Crippen LogP contribution in [0.1, 0.15) is 51.0 Å². The molecule has 0 saturated carbocycles. The molecule has 3 heterocycles. The Kier molecular flexibility index (Phi) is 5.94. The van der Waals surface area contributed by atoms with Gasteiger partial charge in [-0.15, -0.1) is 0 Å². The second kappa shape index (κ2) is 9.21. The van der Waals surface area contributed by atoms with Crippen molar-refractivity contribution in [1.82, 2.24) is 14.5 Å². The molecule has 2 N–H and O–H groups in total. The normalized spacial score (nSPS) is 14.3. The lowest BCUT2D eigenvalue weighted by Crippen LogP contribution is -2.35. The van der Waals surface area contributed by atoms with Crippen molar-refractivity contribution in [2.24, 2.45) is 0 Å². The van der Waals surface area contributed by atoms with E-state index < -0.39 is 5.97 Å². The molecule has 178 valence electrons. The van der Waals surface area contributed by atoms with E-state index in [2.05, 4.69) is 24.8 Å². The van der Waals surface area contributed by atoms with Gasteiger partial charge in [0.15, 0.2) is 5.65 Å². The zero-order chi connectivity index (χ0) is 24.5. The Morgan fingerprint density at radius 3 is 2.51 bits per heavy atom. The van der Waals surface area contributed by atoms with E-state index in [1.165, 1.54) is 6.07 Å². The van der Waals surface area contributed by atoms with E-state index >= 15 is 0 Å². The summed E-state index contributed by atoms with van der Waals surface area (Å²) in [6.45, 7) is 5.30. The molecule has 5 rings (SSSR count). The fourth-order valence-corrected chi connectivity index (χ4v) is 4.93. The molecule has 0 spiro atoms. The number of pyridine rings is 1. The van der Waals surface area contributed by atoms with Crippen LogP contribution in [0.25, 0.3) is 11.2 Å². The lowest BCUT2D eigenvalue weighted by Gasteiger charge is -2.35. The summed E-state index contributed by atoms with van der Waals surface area (Å²) in [5.41, 5.74) is 4.51. The van der Waals surface area contributed by atoms with Crippen molar-refractivity contribution >= 4 is 34.4 Å². The number of nitrogens with zero attached hydrogens (tertiary/aromatic N) is 4. The van der Waals surface area contributed by atoms with Gasteiger partial charge >= 0.3 is 5.97 Å². The summed E-state index contributed by atoms with van der Waals surface area (Å²) in [5, 5.41) is 12.7. The maximum absolute atomic E-state index is 12.7. The summed E-state index contributed by atoms with van der Waals surface area (Å²) in [6, 6.07) is 16.5. The molecule has 1 amide bonds. The second-order valence-electron chi connectivity index (χ2n) is 8.90. The van der Waals surface area contributed by atoms with Gasteiger partial charge in [0.2, 0.25) is 0 Å². The number of carboxylic acids is 1. The van der Waals surface area contributed by atoms with Crippen molar-refractivity contribution in [2.75, 3.05) is 23.3 Å². The molecule has 1 saturated heterocycles. The molecule has 2 aromatic carbocycles. The third kappa shape index (κ3) is 4.35. The maximum Gasteiger partial charge on any atom is 0.337 e. The molecule has 1 aliphatic heterocycles. The number of rotatable bonds is 5. The van der Waals surface area contributed by atoms with Crippen LogP contribution in [0.15, 0.2) is 60.8 Å². The Labute approximate surface area is 203 Å². The summed E-state index contributed by atoms with van der Waals surface area (Å²) in [6.07, 6.45) is 3.50. The number of aryl methyl sites for hydroxylation is 2. The minimum Gasteiger partial charge on any atom is -0.478 e. The second-order valence-corrected chi connectivity index (χ2v) is 8.90. The summed E-state index contributed by atoms with van der Waals surface area (Å²) in [4.78, 5) is 36.1. The third-order valence-electron chi connectivity index (χ3n) is 6.67. The molecule has 0 atom stereocenters. The van der Waals surface area contributed by atoms with Crippen LogP contribution in [0.2, 0.25) is 0 Å². The van der Waals surface area contributed by atoms with Gasteiger partial charge in [-0.3, -0.25) is 4.79 Å². The summed E-state index contributed by atoms with van der Waals surface area (Å²) in [5.74, 6) is -0.337. The van der Waals surface area contributed by atoms with Crippen LogP contribution < -0.4 is 10.2 Å². The molecule has 0 unspecified atom stereocenters. The van der Waals surface area contributed by atoms with Crippen LogP contribution in [-0.2, 0) is 0 Å². The largest absolute Gasteiger partial charge is 0.478 e. The van der Waals surface area contributed by atoms with E-state index in [9.17, 15) is 14.7 Å². The highest BCUT2D eigenvalue weighted by Gasteiger charge is 2.26. The predicted molar refractivity (Wildman–Crippen MR) is 135 cm³/mol. The number of carbonyl (C=O) groups excluding carboxylic acids is 1. The van der Waals surface area contributed by atoms with Crippen LogP contribution in [0, 0.1) is 13.8 Å². The number of aromatic nitrogens is 3. The third-order valence-corrected chi connectivity index (χ3v) is 6.67. The van der Waals surface area contributed by atoms with Gasteiger partial charge in [-0.1, -0.05) is 18.2 Å². The van der Waals surface area contributed by atoms with Crippen LogP contribution >= 0.6 is 0 Å². The molecule has 2 aromatic heterocycles. The first kappa shape index (κ1) is 22.6. The Bertz CT molecular complexity index is 1420. The van der Waals surface area contributed by atoms with Gasteiger partial charge in [-0.2, -0.15) is 0 Å². The zero-order valence-corrected chi connectivity index (χ0v) is 19.7. The average Bonchev–Trinajstić information content (AvgIpc) is 3.20. The number of aromatic carboxylic acids is 1. The van der Waals surface area contributed by atoms with Crippen molar-refractivity contribution in [1.29, 1.82) is 0 Å². The van der Waals surface area contributed by atoms with Crippen molar-refractivity contribution in [2.45, 2.75) is 32.7 Å². The van der Waals surface area contributed by atoms with Gasteiger partial charge in [0, 0.05) is 36.6 Å². The summed E-state index contributed by atoms with van der Waals surface area (Å²) in [7, 11) is 0. The van der Waals surface area contributed by atoms with E-state index in [4.69, 9.17) is 0 Å². The number of hydrogen-bond acceptors (Lipinski definition) is 5. The first-order valence-corrected chi connectivity index (χ1v) is 11.7. The van der Waals surface area contributed by atoms with Gasteiger partial charge < -0.3 is 19.9 Å². The molecule has 8 nitrogen and oxygen atoms in total. The number of carbonyl (C=O) groups is 2. The Morgan fingerprint density at radius 2 is 1.77 bits per heavy atom. The Hall–Kier alpha value is -4.20. The summed E-state index contributed by atoms with van der Waals surface area (Å²) < 4.78 is 2.20. The number of benzene rings is 2. The number of fused-ring (bicyclic) bond motifs is 1. The summed E-state index contributed by atoms with van der Waals surface area (Å²) >= 11 is 0. The number of piperidine rings is 1. The first-order valence-electron chi connectivity index (χ1n) is 11.7. The first-order chi connectivity index (χ1) is 16.9. The van der Waals surface area contributed by atoms with Crippen LogP contribution in [-0.4, -0.2) is 44.6 Å². The number of amides is 1. The highest BCUT2D eigenvalue weighted by molar-refractivity contribution is 6.06. The van der Waals surface area contributed by atoms with Crippen LogP contribution in [0.5, 0.6) is 0 Å². The molecular weight excluding hydrogens is 442 g/mol. The maximum atomic E-state index is 12.7. The van der Waals surface area contributed by atoms with E-state index in [1.54, 1.807) is 24.4 Å². The Morgan fingerprint density at radius 1 is 1.00 bits per heavy atom. The highest BCUT2D eigenvalue weighted by atomic mass is 16.4. The molecule has 0 aliphatic carbocycles. The van der Waals surface area contributed by atoms with Gasteiger partial charge in [0.05, 0.1) is 11.3 Å². The molecule has 1 fully saturated rings. The predicted octanol–water partition coefficient (Wildman–Crippen LogP) is 4.84. The molecule has 4 aromatic rings. The SMILES string of the molecule is Cc1ccccc1C(=O)Nc1ccc(N2CCC(n3c(C)nc4cccnc43)CC2)c(C(=O)O)c1. The van der Waals surface area contributed by atoms with Crippen molar-refractivity contribution < 1.29 is 14.7 Å². The minimum absolute atomic E-state index is 0.178. The number of nitrogens with one attached hydrogen (secondary N) is 1.